The molecule has 0 amide bonds. The summed E-state index contributed by atoms with van der Waals surface area (Å²) in [6.45, 7) is 3.87. The monoisotopic (exact) mass is 378 g/mol. The van der Waals surface area contributed by atoms with E-state index in [0.29, 0.717) is 24.7 Å². The fourth-order valence-electron chi connectivity index (χ4n) is 5.48. The molecule has 0 radical (unpaired) electrons. The lowest BCUT2D eigenvalue weighted by Crippen LogP contribution is -2.44. The van der Waals surface area contributed by atoms with Crippen molar-refractivity contribution < 1.29 is 22.3 Å². The van der Waals surface area contributed by atoms with Crippen LogP contribution in [0.5, 0.6) is 0 Å². The van der Waals surface area contributed by atoms with Gasteiger partial charge < -0.3 is 4.74 Å². The minimum atomic E-state index is -3.22. The molecule has 0 aromatic heterocycles. The van der Waals surface area contributed by atoms with Crippen molar-refractivity contribution >= 4 is 0 Å². The summed E-state index contributed by atoms with van der Waals surface area (Å²) in [5.41, 5.74) is 0. The van der Waals surface area contributed by atoms with E-state index in [1.807, 2.05) is 0 Å². The third-order valence-corrected chi connectivity index (χ3v) is 7.31. The molecule has 26 heavy (non-hydrogen) atoms. The molecule has 0 heterocycles. The van der Waals surface area contributed by atoms with Gasteiger partial charge >= 0.3 is 6.11 Å². The van der Waals surface area contributed by atoms with E-state index >= 15 is 0 Å². The highest BCUT2D eigenvalue weighted by Crippen LogP contribution is 2.46. The van der Waals surface area contributed by atoms with Crippen molar-refractivity contribution in [3.05, 3.63) is 0 Å². The average Bonchev–Trinajstić information content (AvgIpc) is 2.60. The standard InChI is InChI=1S/C21H34F4O/c1-13-3-5-15(6-4-13)16-7-9-17(10-8-16)21(24,25)26-18-11-14(2)20(23)19(22)12-18/h13-20H,3-12H2,1-2H3. The molecule has 1 nitrogen and oxygen atoms in total. The zero-order valence-electron chi connectivity index (χ0n) is 16.1. The van der Waals surface area contributed by atoms with E-state index in [2.05, 4.69) is 6.92 Å². The highest BCUT2D eigenvalue weighted by atomic mass is 19.3. The Morgan fingerprint density at radius 3 is 1.85 bits per heavy atom. The lowest BCUT2D eigenvalue weighted by Gasteiger charge is -2.40. The molecule has 3 saturated carbocycles. The topological polar surface area (TPSA) is 9.23 Å². The van der Waals surface area contributed by atoms with Crippen LogP contribution in [0.2, 0.25) is 0 Å². The minimum Gasteiger partial charge on any atom is -0.317 e. The van der Waals surface area contributed by atoms with Gasteiger partial charge in [-0.05, 0) is 68.6 Å². The SMILES string of the molecule is CC1CCC(C2CCC(C(F)(F)OC3CC(C)C(F)C(F)C3)CC2)CC1. The molecule has 5 heteroatoms. The Balaban J connectivity index is 1.48. The average molecular weight is 378 g/mol. The van der Waals surface area contributed by atoms with Crippen LogP contribution in [0.15, 0.2) is 0 Å². The first-order valence-electron chi connectivity index (χ1n) is 10.6. The largest absolute Gasteiger partial charge is 0.358 e. The second-order valence-corrected chi connectivity index (χ2v) is 9.34. The summed E-state index contributed by atoms with van der Waals surface area (Å²) < 4.78 is 61.6. The normalized spacial score (nSPS) is 45.5. The van der Waals surface area contributed by atoms with Crippen LogP contribution in [0, 0.1) is 29.6 Å². The van der Waals surface area contributed by atoms with Gasteiger partial charge in [-0.25, -0.2) is 8.78 Å². The van der Waals surface area contributed by atoms with E-state index in [1.165, 1.54) is 25.7 Å². The molecule has 0 aromatic carbocycles. The quantitative estimate of drug-likeness (QED) is 0.494. The molecule has 3 aliphatic rings. The summed E-state index contributed by atoms with van der Waals surface area (Å²) in [5, 5.41) is 0. The molecule has 0 aliphatic heterocycles. The molecule has 3 rings (SSSR count). The summed E-state index contributed by atoms with van der Waals surface area (Å²) in [5.74, 6) is 0.740. The second kappa shape index (κ2) is 8.36. The first kappa shape index (κ1) is 20.4. The molecule has 0 N–H and O–H groups in total. The Morgan fingerprint density at radius 1 is 0.769 bits per heavy atom. The second-order valence-electron chi connectivity index (χ2n) is 9.34. The molecule has 0 bridgehead atoms. The Labute approximate surface area is 155 Å². The number of ether oxygens (including phenoxy) is 1. The van der Waals surface area contributed by atoms with Crippen molar-refractivity contribution in [2.45, 2.75) is 103 Å². The fourth-order valence-corrected chi connectivity index (χ4v) is 5.48. The van der Waals surface area contributed by atoms with Crippen LogP contribution in [-0.4, -0.2) is 24.6 Å². The van der Waals surface area contributed by atoms with Crippen LogP contribution >= 0.6 is 0 Å². The van der Waals surface area contributed by atoms with Crippen molar-refractivity contribution in [2.24, 2.45) is 29.6 Å². The van der Waals surface area contributed by atoms with Gasteiger partial charge in [0.2, 0.25) is 0 Å². The van der Waals surface area contributed by atoms with Crippen molar-refractivity contribution in [2.75, 3.05) is 0 Å². The summed E-state index contributed by atoms with van der Waals surface area (Å²) >= 11 is 0. The number of halogens is 4. The van der Waals surface area contributed by atoms with Crippen LogP contribution in [-0.2, 0) is 4.74 Å². The van der Waals surface area contributed by atoms with Gasteiger partial charge in [-0.2, -0.15) is 8.78 Å². The summed E-state index contributed by atoms with van der Waals surface area (Å²) in [6.07, 6.45) is 0.256. The molecule has 0 saturated heterocycles. The van der Waals surface area contributed by atoms with Crippen molar-refractivity contribution in [3.8, 4) is 0 Å². The molecule has 4 unspecified atom stereocenters. The van der Waals surface area contributed by atoms with E-state index in [1.54, 1.807) is 6.92 Å². The highest BCUT2D eigenvalue weighted by Gasteiger charge is 2.47. The van der Waals surface area contributed by atoms with Gasteiger partial charge in [0.25, 0.3) is 0 Å². The molecular formula is C21H34F4O. The smallest absolute Gasteiger partial charge is 0.317 e. The lowest BCUT2D eigenvalue weighted by atomic mass is 9.69. The lowest BCUT2D eigenvalue weighted by molar-refractivity contribution is -0.306. The molecule has 3 aliphatic carbocycles. The Morgan fingerprint density at radius 2 is 1.31 bits per heavy atom. The van der Waals surface area contributed by atoms with Gasteiger partial charge in [-0.1, -0.05) is 26.7 Å². The van der Waals surface area contributed by atoms with Gasteiger partial charge in [0.1, 0.15) is 12.3 Å². The Bertz CT molecular complexity index is 429. The molecule has 152 valence electrons. The summed E-state index contributed by atoms with van der Waals surface area (Å²) in [4.78, 5) is 0. The number of alkyl halides is 4. The predicted molar refractivity (Wildman–Crippen MR) is 94.6 cm³/mol. The zero-order valence-corrected chi connectivity index (χ0v) is 16.1. The Hall–Kier alpha value is -0.320. The predicted octanol–water partition coefficient (Wildman–Crippen LogP) is 6.70. The van der Waals surface area contributed by atoms with E-state index in [4.69, 9.17) is 4.74 Å². The third kappa shape index (κ3) is 4.74. The van der Waals surface area contributed by atoms with Gasteiger partial charge in [-0.15, -0.1) is 0 Å². The number of hydrogen-bond acceptors (Lipinski definition) is 1. The molecular weight excluding hydrogens is 344 g/mol. The molecule has 4 atom stereocenters. The molecule has 0 aromatic rings. The van der Waals surface area contributed by atoms with E-state index in [9.17, 15) is 17.6 Å². The van der Waals surface area contributed by atoms with Gasteiger partial charge in [0.15, 0.2) is 0 Å². The van der Waals surface area contributed by atoms with Crippen LogP contribution in [0.25, 0.3) is 0 Å². The van der Waals surface area contributed by atoms with Crippen LogP contribution in [0.1, 0.15) is 78.1 Å². The number of hydrogen-bond donors (Lipinski definition) is 0. The maximum absolute atomic E-state index is 14.6. The highest BCUT2D eigenvalue weighted by molar-refractivity contribution is 4.88. The molecule has 3 fully saturated rings. The summed E-state index contributed by atoms with van der Waals surface area (Å²) in [7, 11) is 0. The summed E-state index contributed by atoms with van der Waals surface area (Å²) in [6, 6.07) is 0. The van der Waals surface area contributed by atoms with E-state index in [-0.39, 0.29) is 12.8 Å². The van der Waals surface area contributed by atoms with Crippen LogP contribution in [0.4, 0.5) is 17.6 Å². The Kier molecular flexibility index (Phi) is 6.57. The van der Waals surface area contributed by atoms with Gasteiger partial charge in [0.05, 0.1) is 12.0 Å². The van der Waals surface area contributed by atoms with Crippen LogP contribution < -0.4 is 0 Å². The van der Waals surface area contributed by atoms with Crippen molar-refractivity contribution in [1.29, 1.82) is 0 Å². The first-order valence-corrected chi connectivity index (χ1v) is 10.6. The minimum absolute atomic E-state index is 0.173. The maximum atomic E-state index is 14.6. The van der Waals surface area contributed by atoms with Crippen LogP contribution in [0.3, 0.4) is 0 Å². The third-order valence-electron chi connectivity index (χ3n) is 7.31. The number of rotatable bonds is 4. The fraction of sp³-hybridized carbons (Fsp3) is 1.00. The van der Waals surface area contributed by atoms with Crippen molar-refractivity contribution in [3.63, 3.8) is 0 Å². The first-order chi connectivity index (χ1) is 12.3. The van der Waals surface area contributed by atoms with E-state index in [0.717, 1.165) is 18.8 Å². The van der Waals surface area contributed by atoms with Gasteiger partial charge in [-0.3, -0.25) is 0 Å². The van der Waals surface area contributed by atoms with Crippen molar-refractivity contribution in [1.82, 2.24) is 0 Å². The zero-order chi connectivity index (χ0) is 18.9. The maximum Gasteiger partial charge on any atom is 0.358 e. The molecule has 0 spiro atoms. The van der Waals surface area contributed by atoms with E-state index < -0.39 is 36.4 Å². The van der Waals surface area contributed by atoms with Gasteiger partial charge in [0, 0.05) is 6.42 Å².